The molecule has 2 bridgehead atoms. The molecule has 0 saturated heterocycles. The van der Waals surface area contributed by atoms with Crippen LogP contribution in [-0.2, 0) is 12.0 Å². The Morgan fingerprint density at radius 2 is 1.73 bits per heavy atom. The molecule has 1 aliphatic heterocycles. The van der Waals surface area contributed by atoms with Gasteiger partial charge in [-0.1, -0.05) is 47.9 Å². The second kappa shape index (κ2) is 8.84. The van der Waals surface area contributed by atoms with Crippen molar-refractivity contribution in [3.63, 3.8) is 0 Å². The number of carbonyl (C=O) groups excluding carboxylic acids is 2. The van der Waals surface area contributed by atoms with Gasteiger partial charge in [0.1, 0.15) is 11.9 Å². The Morgan fingerprint density at radius 3 is 2.49 bits per heavy atom. The molecular formula is C34H26N2O5. The Kier molecular flexibility index (Phi) is 5.43. The Bertz CT molecular complexity index is 1820. The van der Waals surface area contributed by atoms with Crippen molar-refractivity contribution in [2.45, 2.75) is 43.6 Å². The van der Waals surface area contributed by atoms with E-state index >= 15 is 0 Å². The second-order valence-electron chi connectivity index (χ2n) is 11.1. The van der Waals surface area contributed by atoms with Crippen molar-refractivity contribution in [1.82, 2.24) is 0 Å². The first-order valence-electron chi connectivity index (χ1n) is 13.5. The Balaban J connectivity index is 1.36. The molecule has 7 heteroatoms. The lowest BCUT2D eigenvalue weighted by atomic mass is 9.69. The van der Waals surface area contributed by atoms with Crippen LogP contribution >= 0.6 is 0 Å². The molecule has 7 nitrogen and oxygen atoms in total. The Morgan fingerprint density at radius 1 is 1.00 bits per heavy atom. The number of nitrogens with one attached hydrogen (secondary N) is 2. The topological polar surface area (TPSA) is 119 Å². The van der Waals surface area contributed by atoms with Crippen LogP contribution in [0.2, 0.25) is 0 Å². The number of anilines is 2. The largest absolute Gasteiger partial charge is 0.507 e. The van der Waals surface area contributed by atoms with Crippen molar-refractivity contribution < 1.29 is 24.9 Å². The van der Waals surface area contributed by atoms with Crippen molar-refractivity contribution in [1.29, 1.82) is 0 Å². The van der Waals surface area contributed by atoms with E-state index in [0.29, 0.717) is 24.2 Å². The minimum atomic E-state index is -1.20. The number of phenols is 1. The number of hydrogen-bond acceptors (Lipinski definition) is 7. The van der Waals surface area contributed by atoms with Gasteiger partial charge in [0.15, 0.2) is 11.6 Å². The van der Waals surface area contributed by atoms with Gasteiger partial charge in [-0.15, -0.1) is 0 Å². The van der Waals surface area contributed by atoms with E-state index < -0.39 is 40.6 Å². The monoisotopic (exact) mass is 542 g/mol. The van der Waals surface area contributed by atoms with Crippen LogP contribution in [0.1, 0.15) is 56.3 Å². The van der Waals surface area contributed by atoms with Crippen molar-refractivity contribution in [3.05, 3.63) is 100 Å². The molecule has 0 unspecified atom stereocenters. The fraction of sp³-hybridized carbons (Fsp3) is 0.235. The number of fused-ring (bicyclic) bond motifs is 4. The lowest BCUT2D eigenvalue weighted by molar-refractivity contribution is 0.0603. The minimum Gasteiger partial charge on any atom is -0.507 e. The summed E-state index contributed by atoms with van der Waals surface area (Å²) in [5.74, 6) is 10.5. The maximum Gasteiger partial charge on any atom is 0.198 e. The molecule has 0 amide bonds. The van der Waals surface area contributed by atoms with Crippen molar-refractivity contribution in [2.24, 2.45) is 5.41 Å². The fourth-order valence-electron chi connectivity index (χ4n) is 7.03. The van der Waals surface area contributed by atoms with Crippen molar-refractivity contribution in [3.8, 4) is 29.4 Å². The summed E-state index contributed by atoms with van der Waals surface area (Å²) >= 11 is 0. The SMILES string of the molecule is C[C@@H](O)[C@@]12C[C@]13c1cc(O)c4c(c1N[C@H]2C#C/C=C\C#C[C@H]3O)C(=O)c1ccc(CNc2ccccc2)cc1C4=O. The zero-order chi connectivity index (χ0) is 28.5. The molecule has 4 aliphatic rings. The van der Waals surface area contributed by atoms with Gasteiger partial charge in [-0.25, -0.2) is 0 Å². The molecule has 0 aromatic heterocycles. The summed E-state index contributed by atoms with van der Waals surface area (Å²) in [6, 6.07) is 15.6. The predicted octanol–water partition coefficient (Wildman–Crippen LogP) is 3.52. The lowest BCUT2D eigenvalue weighted by Crippen LogP contribution is -2.50. The molecule has 5 N–H and O–H groups in total. The van der Waals surface area contributed by atoms with Gasteiger partial charge in [0, 0.05) is 34.2 Å². The average Bonchev–Trinajstić information content (AvgIpc) is 3.71. The van der Waals surface area contributed by atoms with Crippen LogP contribution in [0.5, 0.6) is 5.75 Å². The van der Waals surface area contributed by atoms with Gasteiger partial charge < -0.3 is 26.0 Å². The standard InChI is InChI=1S/C34H26N2O5/c1-19(37)33-18-34(33)24-16-25(38)28-29(30(24)36-26(33)11-7-2-3-8-12-27(34)39)31(40)22-14-13-20(15-23(22)32(28)41)17-35-21-9-5-4-6-10-21/h2-6,9-10,13-16,19,26-27,35-39H,17-18H2,1H3/b3-2-/t19-,26+,27-,33-,34-/m1/s1. The third-order valence-corrected chi connectivity index (χ3v) is 9.08. The normalized spacial score (nSPS) is 27.6. The minimum absolute atomic E-state index is 0.0534. The highest BCUT2D eigenvalue weighted by Crippen LogP contribution is 2.74. The highest BCUT2D eigenvalue weighted by molar-refractivity contribution is 6.31. The first-order chi connectivity index (χ1) is 19.8. The van der Waals surface area contributed by atoms with Gasteiger partial charge in [-0.3, -0.25) is 9.59 Å². The zero-order valence-corrected chi connectivity index (χ0v) is 22.2. The number of carbonyl (C=O) groups is 2. The number of phenolic OH excluding ortho intramolecular Hbond substituents is 1. The highest BCUT2D eigenvalue weighted by Gasteiger charge is 2.79. The maximum absolute atomic E-state index is 14.1. The van der Waals surface area contributed by atoms with E-state index in [-0.39, 0.29) is 28.0 Å². The summed E-state index contributed by atoms with van der Waals surface area (Å²) in [6.45, 7) is 2.10. The molecule has 7 rings (SSSR count). The third-order valence-electron chi connectivity index (χ3n) is 9.08. The van der Waals surface area contributed by atoms with Gasteiger partial charge in [0.05, 0.1) is 29.0 Å². The quantitative estimate of drug-likeness (QED) is 0.198. The van der Waals surface area contributed by atoms with Crippen LogP contribution in [-0.4, -0.2) is 45.1 Å². The number of aliphatic hydroxyl groups is 2. The third kappa shape index (κ3) is 3.37. The van der Waals surface area contributed by atoms with Gasteiger partial charge >= 0.3 is 0 Å². The summed E-state index contributed by atoms with van der Waals surface area (Å²) in [5, 5.41) is 40.3. The van der Waals surface area contributed by atoms with E-state index in [1.165, 1.54) is 6.07 Å². The lowest BCUT2D eigenvalue weighted by Gasteiger charge is -2.42. The van der Waals surface area contributed by atoms with Gasteiger partial charge in [-0.2, -0.15) is 0 Å². The fourth-order valence-corrected chi connectivity index (χ4v) is 7.03. The molecule has 41 heavy (non-hydrogen) atoms. The molecule has 202 valence electrons. The summed E-state index contributed by atoms with van der Waals surface area (Å²) in [5.41, 5.74) is 0.963. The number of para-hydroxylation sites is 1. The van der Waals surface area contributed by atoms with E-state index in [2.05, 4.69) is 34.3 Å². The number of aliphatic hydroxyl groups excluding tert-OH is 2. The first-order valence-corrected chi connectivity index (χ1v) is 13.5. The van der Waals surface area contributed by atoms with E-state index in [1.807, 2.05) is 30.3 Å². The van der Waals surface area contributed by atoms with Crippen molar-refractivity contribution in [2.75, 3.05) is 10.6 Å². The number of benzene rings is 3. The molecule has 3 aromatic rings. The zero-order valence-electron chi connectivity index (χ0n) is 22.2. The smallest absolute Gasteiger partial charge is 0.198 e. The van der Waals surface area contributed by atoms with Crippen LogP contribution in [0.3, 0.4) is 0 Å². The number of allylic oxidation sites excluding steroid dienone is 2. The summed E-state index contributed by atoms with van der Waals surface area (Å²) in [7, 11) is 0. The van der Waals surface area contributed by atoms with Crippen LogP contribution < -0.4 is 10.6 Å². The summed E-state index contributed by atoms with van der Waals surface area (Å²) in [6.07, 6.45) is 1.37. The molecule has 5 atom stereocenters. The average molecular weight is 543 g/mol. The number of aromatic hydroxyl groups is 1. The Hall–Kier alpha value is -4.82. The number of hydrogen-bond donors (Lipinski definition) is 5. The summed E-state index contributed by atoms with van der Waals surface area (Å²) in [4.78, 5) is 27.9. The van der Waals surface area contributed by atoms with E-state index in [9.17, 15) is 24.9 Å². The number of rotatable bonds is 4. The highest BCUT2D eigenvalue weighted by atomic mass is 16.3. The maximum atomic E-state index is 14.1. The van der Waals surface area contributed by atoms with Crippen LogP contribution in [0.15, 0.2) is 66.7 Å². The van der Waals surface area contributed by atoms with Crippen LogP contribution in [0, 0.1) is 29.1 Å². The van der Waals surface area contributed by atoms with Crippen molar-refractivity contribution >= 4 is 22.9 Å². The van der Waals surface area contributed by atoms with Gasteiger partial charge in [0.2, 0.25) is 0 Å². The first kappa shape index (κ1) is 25.2. The van der Waals surface area contributed by atoms with E-state index in [0.717, 1.165) is 11.3 Å². The molecule has 1 heterocycles. The van der Waals surface area contributed by atoms with Gasteiger partial charge in [-0.05, 0) is 67.0 Å². The Labute approximate surface area is 236 Å². The molecule has 0 spiro atoms. The van der Waals surface area contributed by atoms with E-state index in [4.69, 9.17) is 0 Å². The second-order valence-corrected chi connectivity index (χ2v) is 11.1. The molecule has 1 saturated carbocycles. The van der Waals surface area contributed by atoms with Crippen LogP contribution in [0.4, 0.5) is 11.4 Å². The summed E-state index contributed by atoms with van der Waals surface area (Å²) < 4.78 is 0. The molecule has 3 aromatic carbocycles. The van der Waals surface area contributed by atoms with Gasteiger partial charge in [0.25, 0.3) is 0 Å². The van der Waals surface area contributed by atoms with Crippen LogP contribution in [0.25, 0.3) is 0 Å². The molecular weight excluding hydrogens is 516 g/mol. The molecule has 3 aliphatic carbocycles. The predicted molar refractivity (Wildman–Crippen MR) is 154 cm³/mol. The number of ketones is 2. The molecule has 0 radical (unpaired) electrons. The molecule has 1 fully saturated rings. The van der Waals surface area contributed by atoms with E-state index in [1.54, 1.807) is 37.3 Å².